The third-order valence-electron chi connectivity index (χ3n) is 2.61. The molecule has 1 aliphatic heterocycles. The number of hydrogen-bond acceptors (Lipinski definition) is 2. The monoisotopic (exact) mass is 184 g/mol. The molecule has 1 rings (SSSR count). The van der Waals surface area contributed by atoms with E-state index in [0.29, 0.717) is 12.5 Å². The van der Waals surface area contributed by atoms with Crippen LogP contribution in [0.5, 0.6) is 0 Å². The van der Waals surface area contributed by atoms with Crippen molar-refractivity contribution in [3.8, 4) is 0 Å². The zero-order valence-electron chi connectivity index (χ0n) is 8.68. The molecule has 0 spiro atoms. The number of nitrogens with zero attached hydrogens (tertiary/aromatic N) is 1. The lowest BCUT2D eigenvalue weighted by atomic mass is 10.1. The molecule has 1 aliphatic rings. The molecule has 1 amide bonds. The van der Waals surface area contributed by atoms with Crippen molar-refractivity contribution in [1.82, 2.24) is 10.2 Å². The fourth-order valence-corrected chi connectivity index (χ4v) is 1.59. The lowest BCUT2D eigenvalue weighted by Crippen LogP contribution is -2.35. The van der Waals surface area contributed by atoms with Crippen LogP contribution in [0.4, 0.5) is 0 Å². The summed E-state index contributed by atoms with van der Waals surface area (Å²) in [7, 11) is 0. The van der Waals surface area contributed by atoms with Crippen molar-refractivity contribution in [3.05, 3.63) is 0 Å². The second-order valence-electron chi connectivity index (χ2n) is 3.95. The first-order valence-electron chi connectivity index (χ1n) is 5.21. The van der Waals surface area contributed by atoms with Crippen LogP contribution in [-0.2, 0) is 4.79 Å². The van der Waals surface area contributed by atoms with Crippen LogP contribution in [0.15, 0.2) is 0 Å². The lowest BCUT2D eigenvalue weighted by Gasteiger charge is -2.21. The van der Waals surface area contributed by atoms with Crippen LogP contribution < -0.4 is 5.32 Å². The SMILES string of the molecule is CCC(C)CN1CCCNC(=O)C1. The van der Waals surface area contributed by atoms with E-state index in [-0.39, 0.29) is 5.91 Å². The fourth-order valence-electron chi connectivity index (χ4n) is 1.59. The maximum absolute atomic E-state index is 11.2. The van der Waals surface area contributed by atoms with Crippen LogP contribution in [0.3, 0.4) is 0 Å². The predicted octanol–water partition coefficient (Wildman–Crippen LogP) is 0.854. The van der Waals surface area contributed by atoms with Gasteiger partial charge in [-0.1, -0.05) is 20.3 Å². The van der Waals surface area contributed by atoms with Crippen molar-refractivity contribution in [2.45, 2.75) is 26.7 Å². The molecule has 1 atom stereocenters. The Morgan fingerprint density at radius 3 is 3.08 bits per heavy atom. The van der Waals surface area contributed by atoms with Crippen molar-refractivity contribution < 1.29 is 4.79 Å². The van der Waals surface area contributed by atoms with Gasteiger partial charge in [-0.3, -0.25) is 9.69 Å². The molecule has 13 heavy (non-hydrogen) atoms. The molecule has 1 saturated heterocycles. The van der Waals surface area contributed by atoms with Gasteiger partial charge in [-0.05, 0) is 12.3 Å². The van der Waals surface area contributed by atoms with Gasteiger partial charge >= 0.3 is 0 Å². The highest BCUT2D eigenvalue weighted by molar-refractivity contribution is 5.78. The van der Waals surface area contributed by atoms with Gasteiger partial charge in [0.15, 0.2) is 0 Å². The first kappa shape index (κ1) is 10.5. The zero-order valence-corrected chi connectivity index (χ0v) is 8.68. The Morgan fingerprint density at radius 2 is 2.38 bits per heavy atom. The maximum atomic E-state index is 11.2. The summed E-state index contributed by atoms with van der Waals surface area (Å²) in [5.74, 6) is 0.881. The largest absolute Gasteiger partial charge is 0.355 e. The molecule has 3 nitrogen and oxygen atoms in total. The Kier molecular flexibility index (Phi) is 4.22. The molecule has 0 aromatic heterocycles. The lowest BCUT2D eigenvalue weighted by molar-refractivity contribution is -0.121. The quantitative estimate of drug-likeness (QED) is 0.705. The summed E-state index contributed by atoms with van der Waals surface area (Å²) >= 11 is 0. The van der Waals surface area contributed by atoms with Crippen LogP contribution in [0.2, 0.25) is 0 Å². The van der Waals surface area contributed by atoms with Gasteiger partial charge in [-0.15, -0.1) is 0 Å². The van der Waals surface area contributed by atoms with E-state index in [2.05, 4.69) is 24.1 Å². The number of carbonyl (C=O) groups is 1. The minimum absolute atomic E-state index is 0.181. The Bertz CT molecular complexity index is 170. The van der Waals surface area contributed by atoms with Gasteiger partial charge in [-0.25, -0.2) is 0 Å². The van der Waals surface area contributed by atoms with Crippen molar-refractivity contribution in [3.63, 3.8) is 0 Å². The second kappa shape index (κ2) is 5.22. The van der Waals surface area contributed by atoms with Gasteiger partial charge in [0.25, 0.3) is 0 Å². The highest BCUT2D eigenvalue weighted by atomic mass is 16.2. The standard InChI is InChI=1S/C10H20N2O/c1-3-9(2)7-12-6-4-5-11-10(13)8-12/h9H,3-8H2,1-2H3,(H,11,13). The molecule has 0 aromatic rings. The molecule has 0 aromatic carbocycles. The van der Waals surface area contributed by atoms with Gasteiger partial charge in [0.1, 0.15) is 0 Å². The normalized spacial score (nSPS) is 22.2. The van der Waals surface area contributed by atoms with E-state index >= 15 is 0 Å². The zero-order chi connectivity index (χ0) is 9.68. The van der Waals surface area contributed by atoms with Crippen molar-refractivity contribution in [2.75, 3.05) is 26.2 Å². The minimum Gasteiger partial charge on any atom is -0.355 e. The van der Waals surface area contributed by atoms with Gasteiger partial charge in [-0.2, -0.15) is 0 Å². The van der Waals surface area contributed by atoms with Gasteiger partial charge in [0, 0.05) is 19.6 Å². The topological polar surface area (TPSA) is 32.3 Å². The summed E-state index contributed by atoms with van der Waals surface area (Å²) < 4.78 is 0. The number of hydrogen-bond donors (Lipinski definition) is 1. The number of carbonyl (C=O) groups excluding carboxylic acids is 1. The van der Waals surface area contributed by atoms with Gasteiger partial charge in [0.05, 0.1) is 6.54 Å². The maximum Gasteiger partial charge on any atom is 0.234 e. The molecule has 0 aliphatic carbocycles. The molecular weight excluding hydrogens is 164 g/mol. The Balaban J connectivity index is 2.34. The van der Waals surface area contributed by atoms with E-state index in [1.165, 1.54) is 6.42 Å². The van der Waals surface area contributed by atoms with Gasteiger partial charge < -0.3 is 5.32 Å². The van der Waals surface area contributed by atoms with Crippen molar-refractivity contribution in [2.24, 2.45) is 5.92 Å². The molecule has 3 heteroatoms. The molecule has 0 saturated carbocycles. The molecule has 1 fully saturated rings. The number of nitrogens with one attached hydrogen (secondary N) is 1. The second-order valence-corrected chi connectivity index (χ2v) is 3.95. The summed E-state index contributed by atoms with van der Waals surface area (Å²) in [4.78, 5) is 13.5. The summed E-state index contributed by atoms with van der Waals surface area (Å²) in [6.07, 6.45) is 2.28. The van der Waals surface area contributed by atoms with Crippen LogP contribution >= 0.6 is 0 Å². The Morgan fingerprint density at radius 1 is 1.62 bits per heavy atom. The minimum atomic E-state index is 0.181. The molecule has 1 heterocycles. The van der Waals surface area contributed by atoms with E-state index < -0.39 is 0 Å². The molecule has 1 unspecified atom stereocenters. The van der Waals surface area contributed by atoms with E-state index in [1.54, 1.807) is 0 Å². The summed E-state index contributed by atoms with van der Waals surface area (Å²) in [6.45, 7) is 7.98. The smallest absolute Gasteiger partial charge is 0.234 e. The Hall–Kier alpha value is -0.570. The number of amides is 1. The average Bonchev–Trinajstić information content (AvgIpc) is 2.30. The van der Waals surface area contributed by atoms with Crippen LogP contribution in [-0.4, -0.2) is 37.0 Å². The third-order valence-corrected chi connectivity index (χ3v) is 2.61. The Labute approximate surface area is 80.5 Å². The van der Waals surface area contributed by atoms with Crippen LogP contribution in [0.25, 0.3) is 0 Å². The van der Waals surface area contributed by atoms with E-state index in [1.807, 2.05) is 0 Å². The first-order valence-corrected chi connectivity index (χ1v) is 5.21. The molecule has 0 bridgehead atoms. The fraction of sp³-hybridized carbons (Fsp3) is 0.900. The summed E-state index contributed by atoms with van der Waals surface area (Å²) in [5.41, 5.74) is 0. The van der Waals surface area contributed by atoms with Crippen LogP contribution in [0.1, 0.15) is 26.7 Å². The molecule has 0 radical (unpaired) electrons. The average molecular weight is 184 g/mol. The highest BCUT2D eigenvalue weighted by Crippen LogP contribution is 2.05. The van der Waals surface area contributed by atoms with E-state index in [4.69, 9.17) is 0 Å². The first-order chi connectivity index (χ1) is 6.22. The third kappa shape index (κ3) is 3.77. The molecule has 76 valence electrons. The van der Waals surface area contributed by atoms with Crippen molar-refractivity contribution in [1.29, 1.82) is 0 Å². The number of rotatable bonds is 3. The molecule has 1 N–H and O–H groups in total. The molecular formula is C10H20N2O. The summed E-state index contributed by atoms with van der Waals surface area (Å²) in [5, 5.41) is 2.89. The van der Waals surface area contributed by atoms with Crippen molar-refractivity contribution >= 4 is 5.91 Å². The van der Waals surface area contributed by atoms with E-state index in [0.717, 1.165) is 26.1 Å². The summed E-state index contributed by atoms with van der Waals surface area (Å²) in [6, 6.07) is 0. The van der Waals surface area contributed by atoms with E-state index in [9.17, 15) is 4.79 Å². The van der Waals surface area contributed by atoms with Gasteiger partial charge in [0.2, 0.25) is 5.91 Å². The van der Waals surface area contributed by atoms with Crippen LogP contribution in [0, 0.1) is 5.92 Å². The highest BCUT2D eigenvalue weighted by Gasteiger charge is 2.15. The predicted molar refractivity (Wildman–Crippen MR) is 53.5 cm³/mol.